The van der Waals surface area contributed by atoms with Gasteiger partial charge in [-0.3, -0.25) is 0 Å². The molecule has 1 aromatic heterocycles. The van der Waals surface area contributed by atoms with E-state index in [2.05, 4.69) is 10.1 Å². The molecule has 1 heterocycles. The molecule has 0 bridgehead atoms. The molecule has 8 nitrogen and oxygen atoms in total. The molecule has 0 aliphatic carbocycles. The predicted molar refractivity (Wildman–Crippen MR) is 98.1 cm³/mol. The van der Waals surface area contributed by atoms with Gasteiger partial charge in [-0.1, -0.05) is 18.2 Å². The van der Waals surface area contributed by atoms with Crippen LogP contribution in [-0.4, -0.2) is 45.6 Å². The number of carboxylic acids is 1. The largest absolute Gasteiger partial charge is 0.478 e. The summed E-state index contributed by atoms with van der Waals surface area (Å²) in [6.07, 6.45) is 3.01. The van der Waals surface area contributed by atoms with Crippen LogP contribution in [0.1, 0.15) is 28.9 Å². The zero-order valence-electron chi connectivity index (χ0n) is 14.7. The number of rotatable bonds is 6. The number of carbonyl (C=O) groups is 1. The van der Waals surface area contributed by atoms with Crippen molar-refractivity contribution in [3.05, 3.63) is 72.3 Å². The second-order valence-corrected chi connectivity index (χ2v) is 7.96. The molecule has 3 aromatic rings. The van der Waals surface area contributed by atoms with Crippen LogP contribution in [0.4, 0.5) is 0 Å². The Morgan fingerprint density at radius 2 is 1.89 bits per heavy atom. The van der Waals surface area contributed by atoms with E-state index in [1.807, 2.05) is 24.3 Å². The highest BCUT2D eigenvalue weighted by atomic mass is 32.2. The normalized spacial score (nSPS) is 12.9. The molecule has 3 rings (SSSR count). The van der Waals surface area contributed by atoms with Crippen molar-refractivity contribution in [2.45, 2.75) is 17.9 Å². The Bertz CT molecular complexity index is 1050. The van der Waals surface area contributed by atoms with E-state index in [1.165, 1.54) is 35.9 Å². The van der Waals surface area contributed by atoms with Crippen molar-refractivity contribution in [2.75, 3.05) is 7.05 Å². The summed E-state index contributed by atoms with van der Waals surface area (Å²) in [5, 5.41) is 13.1. The van der Waals surface area contributed by atoms with Gasteiger partial charge in [0.2, 0.25) is 10.0 Å². The summed E-state index contributed by atoms with van der Waals surface area (Å²) in [4.78, 5) is 14.9. The van der Waals surface area contributed by atoms with Crippen LogP contribution < -0.4 is 0 Å². The van der Waals surface area contributed by atoms with Crippen LogP contribution in [0.5, 0.6) is 0 Å². The fourth-order valence-corrected chi connectivity index (χ4v) is 4.02. The molecule has 140 valence electrons. The molecule has 0 spiro atoms. The number of nitrogens with zero attached hydrogens (tertiary/aromatic N) is 4. The van der Waals surface area contributed by atoms with Crippen molar-refractivity contribution < 1.29 is 18.3 Å². The number of carboxylic acid groups (broad SMARTS) is 1. The van der Waals surface area contributed by atoms with Crippen molar-refractivity contribution in [3.8, 4) is 5.69 Å². The van der Waals surface area contributed by atoms with Crippen molar-refractivity contribution in [1.29, 1.82) is 0 Å². The number of aromatic nitrogens is 3. The minimum absolute atomic E-state index is 0.0593. The summed E-state index contributed by atoms with van der Waals surface area (Å²) in [6.45, 7) is 1.77. The Hall–Kier alpha value is -3.04. The van der Waals surface area contributed by atoms with Gasteiger partial charge in [0.15, 0.2) is 0 Å². The Labute approximate surface area is 156 Å². The molecule has 9 heteroatoms. The fourth-order valence-electron chi connectivity index (χ4n) is 2.62. The number of benzene rings is 2. The van der Waals surface area contributed by atoms with Crippen molar-refractivity contribution in [3.63, 3.8) is 0 Å². The van der Waals surface area contributed by atoms with E-state index >= 15 is 0 Å². The molecule has 0 amide bonds. The molecule has 2 aromatic carbocycles. The lowest BCUT2D eigenvalue weighted by atomic mass is 10.1. The lowest BCUT2D eigenvalue weighted by molar-refractivity contribution is 0.0696. The maximum Gasteiger partial charge on any atom is 0.335 e. The van der Waals surface area contributed by atoms with Gasteiger partial charge in [0, 0.05) is 13.1 Å². The minimum atomic E-state index is -3.85. The summed E-state index contributed by atoms with van der Waals surface area (Å²) >= 11 is 0. The van der Waals surface area contributed by atoms with Crippen LogP contribution >= 0.6 is 0 Å². The van der Waals surface area contributed by atoms with Crippen molar-refractivity contribution >= 4 is 16.0 Å². The molecule has 0 radical (unpaired) electrons. The SMILES string of the molecule is CC(c1ccc(-n2cncn2)cc1)N(C)S(=O)(=O)c1cccc(C(=O)O)c1. The first-order valence-corrected chi connectivity index (χ1v) is 9.51. The van der Waals surface area contributed by atoms with Crippen LogP contribution in [0.15, 0.2) is 66.1 Å². The van der Waals surface area contributed by atoms with E-state index in [4.69, 9.17) is 5.11 Å². The third kappa shape index (κ3) is 3.74. The lowest BCUT2D eigenvalue weighted by Gasteiger charge is -2.25. The highest BCUT2D eigenvalue weighted by molar-refractivity contribution is 7.89. The molecule has 27 heavy (non-hydrogen) atoms. The van der Waals surface area contributed by atoms with Crippen LogP contribution in [-0.2, 0) is 10.0 Å². The number of aromatic carboxylic acids is 1. The molecule has 0 aliphatic rings. The van der Waals surface area contributed by atoms with Gasteiger partial charge in [-0.2, -0.15) is 9.40 Å². The summed E-state index contributed by atoms with van der Waals surface area (Å²) in [5.41, 5.74) is 1.52. The first kappa shape index (κ1) is 18.7. The van der Waals surface area contributed by atoms with Gasteiger partial charge >= 0.3 is 5.97 Å². The second kappa shape index (κ2) is 7.29. The van der Waals surface area contributed by atoms with Gasteiger partial charge in [-0.15, -0.1) is 0 Å². The number of hydrogen-bond acceptors (Lipinski definition) is 5. The van der Waals surface area contributed by atoms with Gasteiger partial charge in [0.05, 0.1) is 16.1 Å². The summed E-state index contributed by atoms with van der Waals surface area (Å²) in [7, 11) is -2.38. The Kier molecular flexibility index (Phi) is 5.06. The van der Waals surface area contributed by atoms with Gasteiger partial charge < -0.3 is 5.11 Å². The summed E-state index contributed by atoms with van der Waals surface area (Å²) < 4.78 is 28.6. The zero-order chi connectivity index (χ0) is 19.6. The summed E-state index contributed by atoms with van der Waals surface area (Å²) in [6, 6.07) is 12.2. The molecular weight excluding hydrogens is 368 g/mol. The van der Waals surface area contributed by atoms with E-state index in [9.17, 15) is 13.2 Å². The first-order valence-electron chi connectivity index (χ1n) is 8.07. The van der Waals surface area contributed by atoms with Crippen LogP contribution in [0.25, 0.3) is 5.69 Å². The van der Waals surface area contributed by atoms with E-state index in [0.717, 1.165) is 17.3 Å². The van der Waals surface area contributed by atoms with Gasteiger partial charge in [-0.25, -0.2) is 22.9 Å². The van der Waals surface area contributed by atoms with Crippen LogP contribution in [0, 0.1) is 0 Å². The molecule has 1 N–H and O–H groups in total. The van der Waals surface area contributed by atoms with E-state index in [0.29, 0.717) is 0 Å². The molecule has 0 saturated heterocycles. The lowest BCUT2D eigenvalue weighted by Crippen LogP contribution is -2.30. The topological polar surface area (TPSA) is 105 Å². The van der Waals surface area contributed by atoms with Crippen molar-refractivity contribution in [1.82, 2.24) is 19.1 Å². The van der Waals surface area contributed by atoms with Crippen molar-refractivity contribution in [2.24, 2.45) is 0 Å². The van der Waals surface area contributed by atoms with E-state index in [-0.39, 0.29) is 10.5 Å². The summed E-state index contributed by atoms with van der Waals surface area (Å²) in [5.74, 6) is -1.17. The van der Waals surface area contributed by atoms with Crippen LogP contribution in [0.2, 0.25) is 0 Å². The van der Waals surface area contributed by atoms with E-state index < -0.39 is 22.0 Å². The maximum absolute atomic E-state index is 12.9. The maximum atomic E-state index is 12.9. The van der Waals surface area contributed by atoms with E-state index in [1.54, 1.807) is 17.9 Å². The molecule has 1 atom stereocenters. The zero-order valence-corrected chi connectivity index (χ0v) is 15.5. The third-order valence-corrected chi connectivity index (χ3v) is 6.29. The highest BCUT2D eigenvalue weighted by Crippen LogP contribution is 2.26. The second-order valence-electron chi connectivity index (χ2n) is 5.96. The number of hydrogen-bond donors (Lipinski definition) is 1. The van der Waals surface area contributed by atoms with Gasteiger partial charge in [-0.05, 0) is 42.8 Å². The molecule has 0 saturated carbocycles. The fraction of sp³-hybridized carbons (Fsp3) is 0.167. The monoisotopic (exact) mass is 386 g/mol. The minimum Gasteiger partial charge on any atom is -0.478 e. The number of sulfonamides is 1. The Balaban J connectivity index is 1.86. The highest BCUT2D eigenvalue weighted by Gasteiger charge is 2.27. The standard InChI is InChI=1S/C18H18N4O4S/c1-13(14-6-8-16(9-7-14)22-12-19-11-20-22)21(2)27(25,26)17-5-3-4-15(10-17)18(23)24/h3-13H,1-2H3,(H,23,24). The average molecular weight is 386 g/mol. The average Bonchev–Trinajstić information content (AvgIpc) is 3.22. The van der Waals surface area contributed by atoms with Gasteiger partial charge in [0.25, 0.3) is 0 Å². The first-order chi connectivity index (χ1) is 12.8. The Morgan fingerprint density at radius 1 is 1.19 bits per heavy atom. The Morgan fingerprint density at radius 3 is 2.48 bits per heavy atom. The third-order valence-electron chi connectivity index (χ3n) is 4.36. The molecular formula is C18H18N4O4S. The quantitative estimate of drug-likeness (QED) is 0.697. The molecule has 0 aliphatic heterocycles. The molecule has 0 fully saturated rings. The van der Waals surface area contributed by atoms with Gasteiger partial charge in [0.1, 0.15) is 12.7 Å². The van der Waals surface area contributed by atoms with Crippen LogP contribution in [0.3, 0.4) is 0 Å². The smallest absolute Gasteiger partial charge is 0.335 e. The predicted octanol–water partition coefficient (Wildman–Crippen LogP) is 2.35. The molecule has 1 unspecified atom stereocenters.